The van der Waals surface area contributed by atoms with Crippen molar-refractivity contribution in [2.75, 3.05) is 44.7 Å². The summed E-state index contributed by atoms with van der Waals surface area (Å²) in [5.41, 5.74) is 5.91. The largest absolute Gasteiger partial charge is 0.381 e. The monoisotopic (exact) mass is 460 g/mol. The van der Waals surface area contributed by atoms with Crippen LogP contribution < -0.4 is 10.6 Å². The van der Waals surface area contributed by atoms with E-state index in [-0.39, 0.29) is 11.8 Å². The number of hydrogen-bond donors (Lipinski definition) is 3. The summed E-state index contributed by atoms with van der Waals surface area (Å²) in [6.45, 7) is 7.32. The molecule has 0 bridgehead atoms. The fourth-order valence-corrected chi connectivity index (χ4v) is 5.31. The lowest BCUT2D eigenvalue weighted by Crippen LogP contribution is -2.43. The molecular weight excluding hydrogens is 424 g/mol. The normalized spacial score (nSPS) is 21.4. The van der Waals surface area contributed by atoms with Gasteiger partial charge in [-0.2, -0.15) is 0 Å². The average Bonchev–Trinajstić information content (AvgIpc) is 3.30. The van der Waals surface area contributed by atoms with Gasteiger partial charge in [-0.1, -0.05) is 30.3 Å². The second-order valence-electron chi connectivity index (χ2n) is 9.76. The number of anilines is 1. The van der Waals surface area contributed by atoms with Crippen LogP contribution >= 0.6 is 0 Å². The molecule has 0 radical (unpaired) electrons. The van der Waals surface area contributed by atoms with Crippen molar-refractivity contribution in [3.05, 3.63) is 54.1 Å². The molecule has 5 rings (SSSR count). The van der Waals surface area contributed by atoms with Crippen LogP contribution in [0.2, 0.25) is 0 Å². The first-order valence-electron chi connectivity index (χ1n) is 12.7. The van der Waals surface area contributed by atoms with Crippen LogP contribution in [-0.2, 0) is 9.53 Å². The molecule has 3 N–H and O–H groups in total. The Balaban J connectivity index is 1.16. The van der Waals surface area contributed by atoms with Crippen LogP contribution in [0.4, 0.5) is 5.69 Å². The molecule has 0 unspecified atom stereocenters. The number of carbonyl (C=O) groups excluding carboxylic acids is 1. The molecule has 2 fully saturated rings. The second-order valence-corrected chi connectivity index (χ2v) is 9.76. The minimum absolute atomic E-state index is 0.135. The zero-order chi connectivity index (χ0) is 23.3. The predicted molar refractivity (Wildman–Crippen MR) is 138 cm³/mol. The minimum Gasteiger partial charge on any atom is -0.381 e. The minimum atomic E-state index is 0.135. The van der Waals surface area contributed by atoms with E-state index in [1.807, 2.05) is 6.07 Å². The highest BCUT2D eigenvalue weighted by Gasteiger charge is 2.26. The number of fused-ring (bicyclic) bond motifs is 1. The summed E-state index contributed by atoms with van der Waals surface area (Å²) >= 11 is 0. The number of hydrogen-bond acceptors (Lipinski definition) is 4. The highest BCUT2D eigenvalue weighted by molar-refractivity contribution is 5.95. The molecule has 2 aromatic carbocycles. The van der Waals surface area contributed by atoms with Crippen molar-refractivity contribution >= 4 is 22.5 Å². The van der Waals surface area contributed by atoms with Gasteiger partial charge in [-0.25, -0.2) is 0 Å². The Hall–Kier alpha value is -2.83. The lowest BCUT2D eigenvalue weighted by molar-refractivity contribution is -0.126. The molecule has 1 aliphatic heterocycles. The standard InChI is InChI=1S/C28H36N4O2/c1-20-17-23-19-25(21-5-3-2-4-6-21)31-27(23)26(18-20)30-24-9-7-22(8-10-24)28(33)29-11-12-32-13-15-34-16-14-32/h2-6,17-19,22,24,30-31H,7-16H2,1H3,(H,29,33). The van der Waals surface area contributed by atoms with Gasteiger partial charge < -0.3 is 20.4 Å². The van der Waals surface area contributed by atoms with Crippen LogP contribution in [0.3, 0.4) is 0 Å². The number of nitrogens with zero attached hydrogens (tertiary/aromatic N) is 1. The quantitative estimate of drug-likeness (QED) is 0.483. The molecule has 2 heterocycles. The number of amides is 1. The van der Waals surface area contributed by atoms with Gasteiger partial charge in [-0.3, -0.25) is 9.69 Å². The van der Waals surface area contributed by atoms with Gasteiger partial charge >= 0.3 is 0 Å². The number of rotatable bonds is 7. The number of nitrogens with one attached hydrogen (secondary N) is 3. The van der Waals surface area contributed by atoms with Gasteiger partial charge in [-0.05, 0) is 61.9 Å². The molecule has 3 aromatic rings. The number of benzene rings is 2. The maximum absolute atomic E-state index is 12.7. The number of carbonyl (C=O) groups is 1. The smallest absolute Gasteiger partial charge is 0.223 e. The highest BCUT2D eigenvalue weighted by Crippen LogP contribution is 2.33. The van der Waals surface area contributed by atoms with Crippen LogP contribution in [0, 0.1) is 12.8 Å². The summed E-state index contributed by atoms with van der Waals surface area (Å²) in [7, 11) is 0. The summed E-state index contributed by atoms with van der Waals surface area (Å²) < 4.78 is 5.39. The Kier molecular flexibility index (Phi) is 7.16. The van der Waals surface area contributed by atoms with Gasteiger partial charge in [0.05, 0.1) is 24.4 Å². The van der Waals surface area contributed by atoms with Gasteiger partial charge in [0.15, 0.2) is 0 Å². The molecule has 2 aliphatic rings. The number of aromatic amines is 1. The zero-order valence-corrected chi connectivity index (χ0v) is 20.1. The van der Waals surface area contributed by atoms with Crippen molar-refractivity contribution in [2.45, 2.75) is 38.6 Å². The number of aromatic nitrogens is 1. The van der Waals surface area contributed by atoms with Crippen LogP contribution in [0.5, 0.6) is 0 Å². The molecule has 34 heavy (non-hydrogen) atoms. The first-order chi connectivity index (χ1) is 16.7. The van der Waals surface area contributed by atoms with Gasteiger partial charge in [0.2, 0.25) is 5.91 Å². The molecule has 0 spiro atoms. The molecule has 6 nitrogen and oxygen atoms in total. The molecule has 1 saturated carbocycles. The molecule has 1 aromatic heterocycles. The van der Waals surface area contributed by atoms with Crippen molar-refractivity contribution in [3.63, 3.8) is 0 Å². The van der Waals surface area contributed by atoms with Crippen molar-refractivity contribution < 1.29 is 9.53 Å². The first kappa shape index (κ1) is 22.9. The number of ether oxygens (including phenoxy) is 1. The Bertz CT molecular complexity index is 1100. The van der Waals surface area contributed by atoms with E-state index in [4.69, 9.17) is 4.74 Å². The highest BCUT2D eigenvalue weighted by atomic mass is 16.5. The predicted octanol–water partition coefficient (Wildman–Crippen LogP) is 4.56. The second kappa shape index (κ2) is 10.6. The topological polar surface area (TPSA) is 69.4 Å². The third kappa shape index (κ3) is 5.45. The Morgan fingerprint density at radius 1 is 1.06 bits per heavy atom. The van der Waals surface area contributed by atoms with Gasteiger partial charge in [-0.15, -0.1) is 0 Å². The lowest BCUT2D eigenvalue weighted by Gasteiger charge is -2.30. The van der Waals surface area contributed by atoms with Gasteiger partial charge in [0.1, 0.15) is 0 Å². The summed E-state index contributed by atoms with van der Waals surface area (Å²) in [6, 6.07) is 17.6. The third-order valence-corrected chi connectivity index (χ3v) is 7.25. The zero-order valence-electron chi connectivity index (χ0n) is 20.1. The lowest BCUT2D eigenvalue weighted by atomic mass is 9.85. The maximum atomic E-state index is 12.7. The van der Waals surface area contributed by atoms with E-state index in [1.54, 1.807) is 0 Å². The number of aryl methyl sites for hydroxylation is 1. The first-order valence-corrected chi connectivity index (χ1v) is 12.7. The molecule has 1 amide bonds. The van der Waals surface area contributed by atoms with Crippen LogP contribution in [0.25, 0.3) is 22.2 Å². The maximum Gasteiger partial charge on any atom is 0.223 e. The fraction of sp³-hybridized carbons (Fsp3) is 0.464. The summed E-state index contributed by atoms with van der Waals surface area (Å²) in [4.78, 5) is 18.7. The number of morpholine rings is 1. The van der Waals surface area contributed by atoms with E-state index in [9.17, 15) is 4.79 Å². The summed E-state index contributed by atoms with van der Waals surface area (Å²) in [5.74, 6) is 0.358. The Labute approximate surface area is 202 Å². The average molecular weight is 461 g/mol. The van der Waals surface area contributed by atoms with Crippen molar-refractivity contribution in [1.82, 2.24) is 15.2 Å². The van der Waals surface area contributed by atoms with E-state index >= 15 is 0 Å². The number of H-pyrrole nitrogens is 1. The van der Waals surface area contributed by atoms with E-state index < -0.39 is 0 Å². The van der Waals surface area contributed by atoms with E-state index in [1.165, 1.54) is 16.5 Å². The molecular formula is C28H36N4O2. The summed E-state index contributed by atoms with van der Waals surface area (Å²) in [5, 5.41) is 8.19. The van der Waals surface area contributed by atoms with E-state index in [0.717, 1.165) is 82.0 Å². The van der Waals surface area contributed by atoms with Crippen molar-refractivity contribution in [2.24, 2.45) is 5.92 Å². The molecule has 1 aliphatic carbocycles. The van der Waals surface area contributed by atoms with E-state index in [2.05, 4.69) is 69.9 Å². The Morgan fingerprint density at radius 3 is 2.59 bits per heavy atom. The fourth-order valence-electron chi connectivity index (χ4n) is 5.31. The Morgan fingerprint density at radius 2 is 1.82 bits per heavy atom. The molecule has 1 saturated heterocycles. The van der Waals surface area contributed by atoms with Gasteiger partial charge in [0, 0.05) is 49.2 Å². The van der Waals surface area contributed by atoms with Crippen LogP contribution in [-0.4, -0.2) is 61.2 Å². The van der Waals surface area contributed by atoms with Crippen LogP contribution in [0.1, 0.15) is 31.2 Å². The van der Waals surface area contributed by atoms with Gasteiger partial charge in [0.25, 0.3) is 0 Å². The molecule has 0 atom stereocenters. The third-order valence-electron chi connectivity index (χ3n) is 7.25. The summed E-state index contributed by atoms with van der Waals surface area (Å²) in [6.07, 6.45) is 3.92. The molecule has 180 valence electrons. The SMILES string of the molecule is Cc1cc(NC2CCC(C(=O)NCCN3CCOCC3)CC2)c2[nH]c(-c3ccccc3)cc2c1. The van der Waals surface area contributed by atoms with Crippen LogP contribution in [0.15, 0.2) is 48.5 Å². The molecule has 6 heteroatoms. The van der Waals surface area contributed by atoms with Crippen molar-refractivity contribution in [1.29, 1.82) is 0 Å². The van der Waals surface area contributed by atoms with Crippen molar-refractivity contribution in [3.8, 4) is 11.3 Å². The van der Waals surface area contributed by atoms with E-state index in [0.29, 0.717) is 6.04 Å².